The molecular formula is C16H13BrN2O. The van der Waals surface area contributed by atoms with Gasteiger partial charge in [-0.2, -0.15) is 0 Å². The third-order valence-corrected chi connectivity index (χ3v) is 3.82. The zero-order chi connectivity index (χ0) is 14.1. The standard InChI is InChI=1S/C16H13BrN2O/c1-2-10-5-3-4-6-12(10)15(20)14-9-19-16-13(14)7-11(17)8-18-16/h3-9H,2H2,1H3,(H,18,19). The molecule has 0 unspecified atom stereocenters. The molecule has 0 saturated carbocycles. The van der Waals surface area contributed by atoms with E-state index in [0.29, 0.717) is 5.56 Å². The number of fused-ring (bicyclic) bond motifs is 1. The van der Waals surface area contributed by atoms with Crippen LogP contribution in [-0.4, -0.2) is 15.8 Å². The maximum atomic E-state index is 12.7. The molecule has 0 radical (unpaired) electrons. The van der Waals surface area contributed by atoms with Crippen molar-refractivity contribution in [3.63, 3.8) is 0 Å². The van der Waals surface area contributed by atoms with Gasteiger partial charge in [0.05, 0.1) is 0 Å². The summed E-state index contributed by atoms with van der Waals surface area (Å²) in [5.74, 6) is 0.0357. The Bertz CT molecular complexity index is 792. The van der Waals surface area contributed by atoms with Crippen molar-refractivity contribution in [2.45, 2.75) is 13.3 Å². The van der Waals surface area contributed by atoms with Crippen LogP contribution in [0.3, 0.4) is 0 Å². The van der Waals surface area contributed by atoms with Crippen LogP contribution in [0.15, 0.2) is 47.2 Å². The number of H-pyrrole nitrogens is 1. The zero-order valence-corrected chi connectivity index (χ0v) is 12.6. The van der Waals surface area contributed by atoms with Crippen molar-refractivity contribution in [1.29, 1.82) is 0 Å². The number of aromatic amines is 1. The van der Waals surface area contributed by atoms with Crippen molar-refractivity contribution in [3.8, 4) is 0 Å². The summed E-state index contributed by atoms with van der Waals surface area (Å²) < 4.78 is 0.863. The normalized spacial score (nSPS) is 10.9. The molecule has 3 rings (SSSR count). The number of carbonyl (C=O) groups excluding carboxylic acids is 1. The minimum absolute atomic E-state index is 0.0357. The Labute approximate surface area is 125 Å². The van der Waals surface area contributed by atoms with E-state index in [2.05, 4.69) is 32.8 Å². The molecule has 3 aromatic rings. The molecule has 1 aromatic carbocycles. The number of hydrogen-bond donors (Lipinski definition) is 1. The molecule has 0 fully saturated rings. The average molecular weight is 329 g/mol. The zero-order valence-electron chi connectivity index (χ0n) is 11.0. The molecule has 0 amide bonds. The topological polar surface area (TPSA) is 45.8 Å². The summed E-state index contributed by atoms with van der Waals surface area (Å²) in [4.78, 5) is 20.1. The first-order chi connectivity index (χ1) is 9.70. The van der Waals surface area contributed by atoms with Crippen molar-refractivity contribution >= 4 is 32.7 Å². The molecule has 0 aliphatic heterocycles. The fourth-order valence-corrected chi connectivity index (χ4v) is 2.69. The van der Waals surface area contributed by atoms with Gasteiger partial charge in [-0.3, -0.25) is 4.79 Å². The highest BCUT2D eigenvalue weighted by molar-refractivity contribution is 9.10. The molecule has 2 aromatic heterocycles. The third kappa shape index (κ3) is 2.16. The number of nitrogens with one attached hydrogen (secondary N) is 1. The predicted octanol–water partition coefficient (Wildman–Crippen LogP) is 4.12. The molecule has 0 aliphatic carbocycles. The van der Waals surface area contributed by atoms with E-state index in [1.54, 1.807) is 12.4 Å². The van der Waals surface area contributed by atoms with Gasteiger partial charge in [0.1, 0.15) is 5.65 Å². The van der Waals surface area contributed by atoms with Crippen LogP contribution >= 0.6 is 15.9 Å². The second-order valence-electron chi connectivity index (χ2n) is 4.59. The Balaban J connectivity index is 2.15. The van der Waals surface area contributed by atoms with Gasteiger partial charge in [0, 0.05) is 33.4 Å². The van der Waals surface area contributed by atoms with Crippen LogP contribution < -0.4 is 0 Å². The molecule has 20 heavy (non-hydrogen) atoms. The van der Waals surface area contributed by atoms with E-state index in [9.17, 15) is 4.79 Å². The van der Waals surface area contributed by atoms with Crippen LogP contribution in [0, 0.1) is 0 Å². The molecule has 0 atom stereocenters. The van der Waals surface area contributed by atoms with Gasteiger partial charge in [-0.25, -0.2) is 4.98 Å². The predicted molar refractivity (Wildman–Crippen MR) is 83.0 cm³/mol. The van der Waals surface area contributed by atoms with Crippen LogP contribution in [0.25, 0.3) is 11.0 Å². The van der Waals surface area contributed by atoms with Crippen molar-refractivity contribution in [2.24, 2.45) is 0 Å². The Hall–Kier alpha value is -1.94. The monoisotopic (exact) mass is 328 g/mol. The second kappa shape index (κ2) is 5.21. The molecule has 4 heteroatoms. The summed E-state index contributed by atoms with van der Waals surface area (Å²) in [5.41, 5.74) is 3.21. The number of hydrogen-bond acceptors (Lipinski definition) is 2. The van der Waals surface area contributed by atoms with Gasteiger partial charge in [-0.15, -0.1) is 0 Å². The van der Waals surface area contributed by atoms with E-state index in [1.807, 2.05) is 30.3 Å². The van der Waals surface area contributed by atoms with Gasteiger partial charge >= 0.3 is 0 Å². The largest absolute Gasteiger partial charge is 0.345 e. The number of aromatic nitrogens is 2. The Morgan fingerprint density at radius 2 is 2.10 bits per heavy atom. The van der Waals surface area contributed by atoms with E-state index in [-0.39, 0.29) is 5.78 Å². The maximum absolute atomic E-state index is 12.7. The number of ketones is 1. The lowest BCUT2D eigenvalue weighted by atomic mass is 9.97. The maximum Gasteiger partial charge on any atom is 0.195 e. The molecule has 0 spiro atoms. The number of carbonyl (C=O) groups is 1. The van der Waals surface area contributed by atoms with Crippen molar-refractivity contribution in [1.82, 2.24) is 9.97 Å². The number of halogens is 1. The van der Waals surface area contributed by atoms with Crippen molar-refractivity contribution < 1.29 is 4.79 Å². The first kappa shape index (κ1) is 13.1. The molecule has 2 heterocycles. The second-order valence-corrected chi connectivity index (χ2v) is 5.51. The molecule has 0 aliphatic rings. The summed E-state index contributed by atoms with van der Waals surface area (Å²) in [6.07, 6.45) is 4.29. The quantitative estimate of drug-likeness (QED) is 0.735. The smallest absolute Gasteiger partial charge is 0.195 e. The Morgan fingerprint density at radius 1 is 1.30 bits per heavy atom. The number of benzene rings is 1. The fourth-order valence-electron chi connectivity index (χ4n) is 2.36. The SMILES string of the molecule is CCc1ccccc1C(=O)c1c[nH]c2ncc(Br)cc12. The molecule has 100 valence electrons. The van der Waals surface area contributed by atoms with Crippen LogP contribution in [0.2, 0.25) is 0 Å². The van der Waals surface area contributed by atoms with Gasteiger partial charge in [0.25, 0.3) is 0 Å². The lowest BCUT2D eigenvalue weighted by Gasteiger charge is -2.05. The summed E-state index contributed by atoms with van der Waals surface area (Å²) in [5, 5.41) is 0.843. The number of rotatable bonds is 3. The van der Waals surface area contributed by atoms with Gasteiger partial charge in [0.15, 0.2) is 5.78 Å². The summed E-state index contributed by atoms with van der Waals surface area (Å²) >= 11 is 3.40. The van der Waals surface area contributed by atoms with E-state index >= 15 is 0 Å². The summed E-state index contributed by atoms with van der Waals surface area (Å²) in [6, 6.07) is 9.65. The lowest BCUT2D eigenvalue weighted by molar-refractivity contribution is 0.103. The van der Waals surface area contributed by atoms with Crippen LogP contribution in [0.4, 0.5) is 0 Å². The van der Waals surface area contributed by atoms with Gasteiger partial charge < -0.3 is 4.98 Å². The number of nitrogens with zero attached hydrogens (tertiary/aromatic N) is 1. The number of aryl methyl sites for hydroxylation is 1. The summed E-state index contributed by atoms with van der Waals surface area (Å²) in [7, 11) is 0. The molecule has 1 N–H and O–H groups in total. The van der Waals surface area contributed by atoms with Crippen LogP contribution in [0.1, 0.15) is 28.4 Å². The Morgan fingerprint density at radius 3 is 2.90 bits per heavy atom. The van der Waals surface area contributed by atoms with Gasteiger partial charge in [0.2, 0.25) is 0 Å². The van der Waals surface area contributed by atoms with E-state index < -0.39 is 0 Å². The van der Waals surface area contributed by atoms with Gasteiger partial charge in [-0.1, -0.05) is 31.2 Å². The van der Waals surface area contributed by atoms with Crippen LogP contribution in [0.5, 0.6) is 0 Å². The lowest BCUT2D eigenvalue weighted by Crippen LogP contribution is -2.04. The molecular weight excluding hydrogens is 316 g/mol. The first-order valence-electron chi connectivity index (χ1n) is 6.46. The van der Waals surface area contributed by atoms with Crippen molar-refractivity contribution in [3.05, 3.63) is 63.9 Å². The summed E-state index contributed by atoms with van der Waals surface area (Å²) in [6.45, 7) is 2.06. The highest BCUT2D eigenvalue weighted by Gasteiger charge is 2.17. The fraction of sp³-hybridized carbons (Fsp3) is 0.125. The van der Waals surface area contributed by atoms with Crippen LogP contribution in [-0.2, 0) is 6.42 Å². The average Bonchev–Trinajstić information content (AvgIpc) is 2.89. The molecule has 0 saturated heterocycles. The minimum Gasteiger partial charge on any atom is -0.345 e. The van der Waals surface area contributed by atoms with E-state index in [4.69, 9.17) is 0 Å². The van der Waals surface area contributed by atoms with E-state index in [1.165, 1.54) is 0 Å². The highest BCUT2D eigenvalue weighted by atomic mass is 79.9. The molecule has 3 nitrogen and oxygen atoms in total. The first-order valence-corrected chi connectivity index (χ1v) is 7.25. The van der Waals surface area contributed by atoms with Gasteiger partial charge in [-0.05, 0) is 34.0 Å². The third-order valence-electron chi connectivity index (χ3n) is 3.39. The van der Waals surface area contributed by atoms with E-state index in [0.717, 1.165) is 33.1 Å². The minimum atomic E-state index is 0.0357. The number of pyridine rings is 1. The highest BCUT2D eigenvalue weighted by Crippen LogP contribution is 2.24. The molecule has 0 bridgehead atoms. The van der Waals surface area contributed by atoms with Crippen molar-refractivity contribution in [2.75, 3.05) is 0 Å². The Kier molecular flexibility index (Phi) is 3.40.